The number of hydrogen-bond donors (Lipinski definition) is 1. The molecule has 0 aliphatic rings. The lowest BCUT2D eigenvalue weighted by Gasteiger charge is -2.09. The summed E-state index contributed by atoms with van der Waals surface area (Å²) in [5, 5.41) is 13.8. The van der Waals surface area contributed by atoms with Crippen LogP contribution in [0.15, 0.2) is 65.5 Å². The van der Waals surface area contributed by atoms with Crippen molar-refractivity contribution in [3.8, 4) is 5.69 Å². The molecule has 0 fully saturated rings. The smallest absolute Gasteiger partial charge is 0.357 e. The van der Waals surface area contributed by atoms with E-state index in [1.165, 1.54) is 9.36 Å². The van der Waals surface area contributed by atoms with Crippen LogP contribution < -0.4 is 10.9 Å². The molecule has 0 saturated heterocycles. The van der Waals surface area contributed by atoms with E-state index < -0.39 is 24.0 Å². The number of para-hydroxylation sites is 1. The number of esters is 1. The number of benzene rings is 2. The number of carbonyl (C=O) groups is 2. The number of aromatic nitrogens is 6. The summed E-state index contributed by atoms with van der Waals surface area (Å²) in [6.45, 7) is 2.74. The Labute approximate surface area is 200 Å². The van der Waals surface area contributed by atoms with Crippen LogP contribution in [0.1, 0.15) is 17.1 Å². The zero-order valence-electron chi connectivity index (χ0n) is 19.4. The van der Waals surface area contributed by atoms with Gasteiger partial charge in [-0.3, -0.25) is 14.3 Å². The van der Waals surface area contributed by atoms with Crippen molar-refractivity contribution in [2.45, 2.75) is 13.8 Å². The zero-order chi connectivity index (χ0) is 24.9. The number of ether oxygens (including phenoxy) is 1. The first-order chi connectivity index (χ1) is 16.9. The number of rotatable bonds is 7. The lowest BCUT2D eigenvalue weighted by Crippen LogP contribution is -2.26. The van der Waals surface area contributed by atoms with Crippen LogP contribution in [-0.2, 0) is 21.4 Å². The molecule has 0 bridgehead atoms. The number of aryl methyl sites for hydroxylation is 1. The van der Waals surface area contributed by atoms with E-state index in [0.29, 0.717) is 17.2 Å². The van der Waals surface area contributed by atoms with Gasteiger partial charge in [-0.05, 0) is 48.0 Å². The molecule has 0 aliphatic heterocycles. The molecule has 2 aromatic carbocycles. The second kappa shape index (κ2) is 10.00. The average molecular weight is 473 g/mol. The Balaban J connectivity index is 1.51. The Hall–Kier alpha value is -4.80. The molecule has 0 atom stereocenters. The number of tetrazole rings is 1. The maximum absolute atomic E-state index is 13.0. The molecule has 35 heavy (non-hydrogen) atoms. The Morgan fingerprint density at radius 3 is 2.31 bits per heavy atom. The van der Waals surface area contributed by atoms with E-state index >= 15 is 0 Å². The summed E-state index contributed by atoms with van der Waals surface area (Å²) < 4.78 is 9.55. The predicted octanol–water partition coefficient (Wildman–Crippen LogP) is 1.96. The maximum Gasteiger partial charge on any atom is 0.357 e. The van der Waals surface area contributed by atoms with Crippen molar-refractivity contribution >= 4 is 29.3 Å². The van der Waals surface area contributed by atoms with E-state index in [9.17, 15) is 14.4 Å². The van der Waals surface area contributed by atoms with Crippen molar-refractivity contribution in [2.24, 2.45) is 7.05 Å². The topological polar surface area (TPSA) is 126 Å². The van der Waals surface area contributed by atoms with Crippen molar-refractivity contribution in [2.75, 3.05) is 11.9 Å². The van der Waals surface area contributed by atoms with E-state index in [1.54, 1.807) is 55.9 Å². The molecule has 11 heteroatoms. The summed E-state index contributed by atoms with van der Waals surface area (Å²) in [7, 11) is 1.72. The zero-order valence-corrected chi connectivity index (χ0v) is 19.4. The SMILES string of the molecule is Cc1nnnn1C(=Cc1ccccc1)C(=O)OCC(=O)Nc1c(C)n(C)n(-c2ccccc2)c1=O. The fraction of sp³-hybridized carbons (Fsp3) is 0.167. The van der Waals surface area contributed by atoms with Crippen LogP contribution in [0.2, 0.25) is 0 Å². The minimum atomic E-state index is -0.800. The average Bonchev–Trinajstić information content (AvgIpc) is 3.38. The molecule has 1 amide bonds. The molecular formula is C24H23N7O4. The maximum atomic E-state index is 13.0. The van der Waals surface area contributed by atoms with Crippen molar-refractivity contribution in [1.82, 2.24) is 29.6 Å². The van der Waals surface area contributed by atoms with Crippen molar-refractivity contribution in [1.29, 1.82) is 0 Å². The predicted molar refractivity (Wildman–Crippen MR) is 128 cm³/mol. The van der Waals surface area contributed by atoms with Gasteiger partial charge in [0.1, 0.15) is 5.69 Å². The van der Waals surface area contributed by atoms with Crippen LogP contribution in [0.3, 0.4) is 0 Å². The third-order valence-electron chi connectivity index (χ3n) is 5.32. The summed E-state index contributed by atoms with van der Waals surface area (Å²) in [5.74, 6) is -1.09. The Morgan fingerprint density at radius 2 is 1.69 bits per heavy atom. The van der Waals surface area contributed by atoms with Crippen molar-refractivity contribution in [3.05, 3.63) is 88.1 Å². The molecule has 4 aromatic rings. The van der Waals surface area contributed by atoms with Crippen LogP contribution >= 0.6 is 0 Å². The summed E-state index contributed by atoms with van der Waals surface area (Å²) >= 11 is 0. The summed E-state index contributed by atoms with van der Waals surface area (Å²) in [6, 6.07) is 18.1. The van der Waals surface area contributed by atoms with Gasteiger partial charge in [0.25, 0.3) is 11.5 Å². The fourth-order valence-corrected chi connectivity index (χ4v) is 3.46. The Kier molecular flexibility index (Phi) is 6.67. The normalized spacial score (nSPS) is 11.3. The first-order valence-corrected chi connectivity index (χ1v) is 10.7. The molecular weight excluding hydrogens is 450 g/mol. The number of nitrogens with zero attached hydrogens (tertiary/aromatic N) is 6. The van der Waals surface area contributed by atoms with Gasteiger partial charge >= 0.3 is 5.97 Å². The van der Waals surface area contributed by atoms with Gasteiger partial charge in [0.15, 0.2) is 18.1 Å². The number of anilines is 1. The van der Waals surface area contributed by atoms with Gasteiger partial charge in [-0.2, -0.15) is 4.68 Å². The molecule has 0 aliphatic carbocycles. The number of amides is 1. The van der Waals surface area contributed by atoms with Crippen molar-refractivity contribution in [3.63, 3.8) is 0 Å². The van der Waals surface area contributed by atoms with E-state index in [1.807, 2.05) is 36.4 Å². The minimum absolute atomic E-state index is 0.0359. The van der Waals surface area contributed by atoms with E-state index in [0.717, 1.165) is 5.56 Å². The first kappa shape index (κ1) is 23.4. The highest BCUT2D eigenvalue weighted by molar-refractivity contribution is 6.15. The summed E-state index contributed by atoms with van der Waals surface area (Å²) in [4.78, 5) is 38.4. The quantitative estimate of drug-likeness (QED) is 0.321. The second-order valence-corrected chi connectivity index (χ2v) is 7.64. The lowest BCUT2D eigenvalue weighted by molar-refractivity contribution is -0.141. The van der Waals surface area contributed by atoms with Gasteiger partial charge in [-0.25, -0.2) is 9.48 Å². The van der Waals surface area contributed by atoms with Gasteiger partial charge < -0.3 is 10.1 Å². The van der Waals surface area contributed by atoms with Gasteiger partial charge in [0.05, 0.1) is 11.4 Å². The molecule has 2 aromatic heterocycles. The van der Waals surface area contributed by atoms with Gasteiger partial charge in [0.2, 0.25) is 0 Å². The molecule has 0 spiro atoms. The summed E-state index contributed by atoms with van der Waals surface area (Å²) in [5.41, 5.74) is 1.67. The van der Waals surface area contributed by atoms with Crippen molar-refractivity contribution < 1.29 is 14.3 Å². The van der Waals surface area contributed by atoms with E-state index in [2.05, 4.69) is 20.8 Å². The number of carbonyl (C=O) groups excluding carboxylic acids is 2. The van der Waals surface area contributed by atoms with Crippen LogP contribution in [0.5, 0.6) is 0 Å². The highest BCUT2D eigenvalue weighted by Gasteiger charge is 2.21. The molecule has 2 heterocycles. The highest BCUT2D eigenvalue weighted by Crippen LogP contribution is 2.15. The molecule has 4 rings (SSSR count). The van der Waals surface area contributed by atoms with Crippen LogP contribution in [0.25, 0.3) is 17.5 Å². The largest absolute Gasteiger partial charge is 0.451 e. The van der Waals surface area contributed by atoms with Gasteiger partial charge in [-0.1, -0.05) is 48.5 Å². The Morgan fingerprint density at radius 1 is 1.03 bits per heavy atom. The van der Waals surface area contributed by atoms with Crippen LogP contribution in [-0.4, -0.2) is 48.1 Å². The minimum Gasteiger partial charge on any atom is -0.451 e. The highest BCUT2D eigenvalue weighted by atomic mass is 16.5. The number of hydrogen-bond acceptors (Lipinski definition) is 7. The van der Waals surface area contributed by atoms with E-state index in [4.69, 9.17) is 4.74 Å². The monoisotopic (exact) mass is 473 g/mol. The summed E-state index contributed by atoms with van der Waals surface area (Å²) in [6.07, 6.45) is 1.56. The molecule has 11 nitrogen and oxygen atoms in total. The second-order valence-electron chi connectivity index (χ2n) is 7.64. The third kappa shape index (κ3) is 4.93. The van der Waals surface area contributed by atoms with Crippen LogP contribution in [0.4, 0.5) is 5.69 Å². The molecule has 178 valence electrons. The third-order valence-corrected chi connectivity index (χ3v) is 5.32. The first-order valence-electron chi connectivity index (χ1n) is 10.7. The molecule has 0 radical (unpaired) electrons. The molecule has 0 unspecified atom stereocenters. The fourth-order valence-electron chi connectivity index (χ4n) is 3.46. The number of nitrogens with one attached hydrogen (secondary N) is 1. The molecule has 1 N–H and O–H groups in total. The lowest BCUT2D eigenvalue weighted by atomic mass is 10.2. The van der Waals surface area contributed by atoms with Gasteiger partial charge in [-0.15, -0.1) is 5.10 Å². The van der Waals surface area contributed by atoms with Gasteiger partial charge in [0, 0.05) is 7.05 Å². The molecule has 0 saturated carbocycles. The standard InChI is InChI=1S/C24H23N7O4/c1-16-22(23(33)31(29(16)3)19-12-8-5-9-13-19)25-21(32)15-35-24(34)20(30-17(2)26-27-28-30)14-18-10-6-4-7-11-18/h4-14H,15H2,1-3H3,(H,25,32). The van der Waals surface area contributed by atoms with E-state index in [-0.39, 0.29) is 11.4 Å². The Bertz CT molecular complexity index is 1450. The van der Waals surface area contributed by atoms with Crippen LogP contribution in [0, 0.1) is 13.8 Å².